The highest BCUT2D eigenvalue weighted by atomic mass is 19.4. The fourth-order valence-electron chi connectivity index (χ4n) is 2.42. The van der Waals surface area contributed by atoms with Crippen molar-refractivity contribution in [3.63, 3.8) is 0 Å². The van der Waals surface area contributed by atoms with Crippen LogP contribution in [0.4, 0.5) is 18.9 Å². The number of alkyl halides is 3. The fraction of sp³-hybridized carbons (Fsp3) is 0.500. The Bertz CT molecular complexity index is 514. The number of anilines is 1. The van der Waals surface area contributed by atoms with E-state index in [1.54, 1.807) is 0 Å². The molecule has 1 aromatic rings. The molecule has 108 valence electrons. The molecule has 0 bridgehead atoms. The molecule has 1 aromatic carbocycles. The van der Waals surface area contributed by atoms with E-state index in [0.29, 0.717) is 25.7 Å². The standard InChI is InChI=1S/C14H15F3N2O/c15-14(16,17)12-6-1-9(8-18)7-13(12)19-10-2-4-11(20)5-3-10/h1,6-7,10-11,19-20H,2-5H2. The Morgan fingerprint density at radius 1 is 1.20 bits per heavy atom. The molecule has 2 rings (SSSR count). The number of hydrogen-bond acceptors (Lipinski definition) is 3. The van der Waals surface area contributed by atoms with E-state index in [0.717, 1.165) is 6.07 Å². The Morgan fingerprint density at radius 3 is 2.40 bits per heavy atom. The molecule has 0 aromatic heterocycles. The summed E-state index contributed by atoms with van der Waals surface area (Å²) in [5, 5.41) is 21.1. The molecule has 0 radical (unpaired) electrons. The molecule has 20 heavy (non-hydrogen) atoms. The van der Waals surface area contributed by atoms with Gasteiger partial charge in [-0.1, -0.05) is 0 Å². The minimum atomic E-state index is -4.45. The molecular weight excluding hydrogens is 269 g/mol. The lowest BCUT2D eigenvalue weighted by Crippen LogP contribution is -2.29. The van der Waals surface area contributed by atoms with Crippen LogP contribution >= 0.6 is 0 Å². The molecule has 0 amide bonds. The van der Waals surface area contributed by atoms with Gasteiger partial charge in [-0.05, 0) is 43.9 Å². The van der Waals surface area contributed by atoms with E-state index >= 15 is 0 Å². The smallest absolute Gasteiger partial charge is 0.393 e. The number of benzene rings is 1. The van der Waals surface area contributed by atoms with Crippen molar-refractivity contribution in [2.45, 2.75) is 44.0 Å². The summed E-state index contributed by atoms with van der Waals surface area (Å²) in [4.78, 5) is 0. The summed E-state index contributed by atoms with van der Waals surface area (Å²) in [5.41, 5.74) is -0.628. The predicted molar refractivity (Wildman–Crippen MR) is 68.0 cm³/mol. The van der Waals surface area contributed by atoms with E-state index in [2.05, 4.69) is 5.32 Å². The minimum Gasteiger partial charge on any atom is -0.393 e. The van der Waals surface area contributed by atoms with Gasteiger partial charge in [-0.3, -0.25) is 0 Å². The number of hydrogen-bond donors (Lipinski definition) is 2. The summed E-state index contributed by atoms with van der Waals surface area (Å²) in [5.74, 6) is 0. The van der Waals surface area contributed by atoms with E-state index in [-0.39, 0.29) is 23.4 Å². The van der Waals surface area contributed by atoms with Crippen LogP contribution < -0.4 is 5.32 Å². The van der Waals surface area contributed by atoms with Crippen molar-refractivity contribution in [3.8, 4) is 6.07 Å². The maximum absolute atomic E-state index is 12.9. The quantitative estimate of drug-likeness (QED) is 0.876. The normalized spacial score (nSPS) is 23.1. The van der Waals surface area contributed by atoms with Gasteiger partial charge >= 0.3 is 6.18 Å². The van der Waals surface area contributed by atoms with Crippen LogP contribution in [0, 0.1) is 11.3 Å². The van der Waals surface area contributed by atoms with Crippen molar-refractivity contribution >= 4 is 5.69 Å². The Hall–Kier alpha value is -1.74. The van der Waals surface area contributed by atoms with Crippen LogP contribution in [0.2, 0.25) is 0 Å². The molecule has 1 saturated carbocycles. The van der Waals surface area contributed by atoms with Crippen molar-refractivity contribution < 1.29 is 18.3 Å². The summed E-state index contributed by atoms with van der Waals surface area (Å²) >= 11 is 0. The predicted octanol–water partition coefficient (Wildman–Crippen LogP) is 3.29. The van der Waals surface area contributed by atoms with E-state index in [1.165, 1.54) is 12.1 Å². The molecular formula is C14H15F3N2O. The van der Waals surface area contributed by atoms with Gasteiger partial charge in [0.1, 0.15) is 0 Å². The van der Waals surface area contributed by atoms with Crippen LogP contribution in [0.1, 0.15) is 36.8 Å². The van der Waals surface area contributed by atoms with E-state index in [4.69, 9.17) is 5.26 Å². The van der Waals surface area contributed by atoms with Crippen LogP contribution in [0.25, 0.3) is 0 Å². The lowest BCUT2D eigenvalue weighted by Gasteiger charge is -2.28. The molecule has 3 nitrogen and oxygen atoms in total. The Labute approximate surface area is 115 Å². The first-order chi connectivity index (χ1) is 9.40. The average molecular weight is 284 g/mol. The van der Waals surface area contributed by atoms with Gasteiger partial charge in [-0.15, -0.1) is 0 Å². The highest BCUT2D eigenvalue weighted by Crippen LogP contribution is 2.36. The molecule has 0 atom stereocenters. The molecule has 0 heterocycles. The summed E-state index contributed by atoms with van der Waals surface area (Å²) in [6, 6.07) is 5.06. The van der Waals surface area contributed by atoms with Crippen LogP contribution in [0.3, 0.4) is 0 Å². The molecule has 2 N–H and O–H groups in total. The van der Waals surface area contributed by atoms with Gasteiger partial charge in [-0.2, -0.15) is 18.4 Å². The van der Waals surface area contributed by atoms with E-state index < -0.39 is 11.7 Å². The van der Waals surface area contributed by atoms with Gasteiger partial charge in [0.05, 0.1) is 23.3 Å². The maximum Gasteiger partial charge on any atom is 0.418 e. The number of nitrogens with zero attached hydrogens (tertiary/aromatic N) is 1. The van der Waals surface area contributed by atoms with Gasteiger partial charge in [0.15, 0.2) is 0 Å². The SMILES string of the molecule is N#Cc1ccc(C(F)(F)F)c(NC2CCC(O)CC2)c1. The van der Waals surface area contributed by atoms with Crippen LogP contribution in [-0.2, 0) is 6.18 Å². The van der Waals surface area contributed by atoms with Crippen molar-refractivity contribution in [2.24, 2.45) is 0 Å². The lowest BCUT2D eigenvalue weighted by molar-refractivity contribution is -0.137. The van der Waals surface area contributed by atoms with Crippen LogP contribution in [0.15, 0.2) is 18.2 Å². The number of nitriles is 1. The maximum atomic E-state index is 12.9. The van der Waals surface area contributed by atoms with E-state index in [1.807, 2.05) is 6.07 Å². The summed E-state index contributed by atoms with van der Waals surface area (Å²) < 4.78 is 38.8. The van der Waals surface area contributed by atoms with Gasteiger partial charge in [0.2, 0.25) is 0 Å². The first-order valence-electron chi connectivity index (χ1n) is 6.46. The third-order valence-electron chi connectivity index (χ3n) is 3.51. The highest BCUT2D eigenvalue weighted by molar-refractivity contribution is 5.57. The van der Waals surface area contributed by atoms with Crippen molar-refractivity contribution in [1.29, 1.82) is 5.26 Å². The monoisotopic (exact) mass is 284 g/mol. The lowest BCUT2D eigenvalue weighted by atomic mass is 9.92. The second-order valence-electron chi connectivity index (χ2n) is 5.02. The fourth-order valence-corrected chi connectivity index (χ4v) is 2.42. The highest BCUT2D eigenvalue weighted by Gasteiger charge is 2.34. The number of halogens is 3. The van der Waals surface area contributed by atoms with Crippen molar-refractivity contribution in [1.82, 2.24) is 0 Å². The van der Waals surface area contributed by atoms with E-state index in [9.17, 15) is 18.3 Å². The number of aliphatic hydroxyl groups excluding tert-OH is 1. The molecule has 1 aliphatic carbocycles. The molecule has 6 heteroatoms. The summed E-state index contributed by atoms with van der Waals surface area (Å²) in [7, 11) is 0. The Balaban J connectivity index is 2.22. The first-order valence-corrected chi connectivity index (χ1v) is 6.46. The molecule has 1 aliphatic rings. The Kier molecular flexibility index (Phi) is 4.19. The van der Waals surface area contributed by atoms with Gasteiger partial charge in [0, 0.05) is 11.7 Å². The largest absolute Gasteiger partial charge is 0.418 e. The molecule has 1 fully saturated rings. The number of rotatable bonds is 2. The summed E-state index contributed by atoms with van der Waals surface area (Å²) in [6.45, 7) is 0. The van der Waals surface area contributed by atoms with Crippen molar-refractivity contribution in [3.05, 3.63) is 29.3 Å². The third-order valence-corrected chi connectivity index (χ3v) is 3.51. The summed E-state index contributed by atoms with van der Waals surface area (Å²) in [6.07, 6.45) is -2.41. The van der Waals surface area contributed by atoms with Crippen LogP contribution in [-0.4, -0.2) is 17.3 Å². The zero-order valence-electron chi connectivity index (χ0n) is 10.7. The zero-order valence-corrected chi connectivity index (χ0v) is 10.7. The third kappa shape index (κ3) is 3.42. The average Bonchev–Trinajstić information content (AvgIpc) is 2.40. The van der Waals surface area contributed by atoms with Gasteiger partial charge in [0.25, 0.3) is 0 Å². The Morgan fingerprint density at radius 2 is 1.85 bits per heavy atom. The molecule has 0 aliphatic heterocycles. The second kappa shape index (κ2) is 5.71. The first kappa shape index (κ1) is 14.7. The molecule has 0 unspecified atom stereocenters. The van der Waals surface area contributed by atoms with Gasteiger partial charge < -0.3 is 10.4 Å². The molecule has 0 spiro atoms. The number of aliphatic hydroxyl groups is 1. The van der Waals surface area contributed by atoms with Crippen molar-refractivity contribution in [2.75, 3.05) is 5.32 Å². The number of nitrogens with one attached hydrogen (secondary N) is 1. The van der Waals surface area contributed by atoms with Gasteiger partial charge in [-0.25, -0.2) is 0 Å². The minimum absolute atomic E-state index is 0.0575. The topological polar surface area (TPSA) is 56.0 Å². The van der Waals surface area contributed by atoms with Crippen LogP contribution in [0.5, 0.6) is 0 Å². The molecule has 0 saturated heterocycles. The second-order valence-corrected chi connectivity index (χ2v) is 5.02. The zero-order chi connectivity index (χ0) is 14.8.